The average molecular weight is 213 g/mol. The third-order valence-electron chi connectivity index (χ3n) is 3.32. The lowest BCUT2D eigenvalue weighted by molar-refractivity contribution is -0.158. The van der Waals surface area contributed by atoms with Gasteiger partial charge in [0, 0.05) is 18.9 Å². The Labute approximate surface area is 90.1 Å². The maximum absolute atomic E-state index is 11.8. The Bertz CT molecular complexity index is 226. The molecule has 2 N–H and O–H groups in total. The van der Waals surface area contributed by atoms with Crippen LogP contribution in [0, 0.1) is 5.92 Å². The van der Waals surface area contributed by atoms with Crippen molar-refractivity contribution in [2.45, 2.75) is 44.2 Å². The van der Waals surface area contributed by atoms with Crippen molar-refractivity contribution in [3.8, 4) is 0 Å². The van der Waals surface area contributed by atoms with Crippen LogP contribution in [0.2, 0.25) is 0 Å². The van der Waals surface area contributed by atoms with E-state index in [2.05, 4.69) is 0 Å². The van der Waals surface area contributed by atoms with Gasteiger partial charge < -0.3 is 15.2 Å². The zero-order chi connectivity index (χ0) is 10.7. The Morgan fingerprint density at radius 1 is 1.20 bits per heavy atom. The monoisotopic (exact) mass is 213 g/mol. The molecule has 1 saturated carbocycles. The van der Waals surface area contributed by atoms with Crippen LogP contribution in [0.3, 0.4) is 0 Å². The van der Waals surface area contributed by atoms with Gasteiger partial charge in [-0.15, -0.1) is 0 Å². The van der Waals surface area contributed by atoms with E-state index < -0.39 is 0 Å². The van der Waals surface area contributed by atoms with Gasteiger partial charge >= 0.3 is 5.97 Å². The molecule has 1 heterocycles. The van der Waals surface area contributed by atoms with Crippen LogP contribution in [-0.2, 0) is 14.3 Å². The lowest BCUT2D eigenvalue weighted by atomic mass is 10.0. The molecule has 2 unspecified atom stereocenters. The molecular formula is C11H19NO3. The second kappa shape index (κ2) is 4.94. The van der Waals surface area contributed by atoms with E-state index in [9.17, 15) is 4.79 Å². The number of ether oxygens (including phenoxy) is 2. The van der Waals surface area contributed by atoms with Crippen molar-refractivity contribution in [3.05, 3.63) is 0 Å². The Morgan fingerprint density at radius 3 is 2.53 bits per heavy atom. The van der Waals surface area contributed by atoms with Crippen LogP contribution < -0.4 is 5.73 Å². The first-order valence-corrected chi connectivity index (χ1v) is 5.81. The summed E-state index contributed by atoms with van der Waals surface area (Å²) >= 11 is 0. The van der Waals surface area contributed by atoms with Crippen molar-refractivity contribution in [1.82, 2.24) is 0 Å². The molecule has 2 atom stereocenters. The van der Waals surface area contributed by atoms with E-state index in [1.165, 1.54) is 0 Å². The van der Waals surface area contributed by atoms with Gasteiger partial charge in [-0.25, -0.2) is 0 Å². The highest BCUT2D eigenvalue weighted by atomic mass is 16.6. The summed E-state index contributed by atoms with van der Waals surface area (Å²) in [7, 11) is 0. The smallest absolute Gasteiger partial charge is 0.310 e. The Hall–Kier alpha value is -0.610. The van der Waals surface area contributed by atoms with Gasteiger partial charge in [0.15, 0.2) is 0 Å². The molecule has 1 saturated heterocycles. The van der Waals surface area contributed by atoms with Gasteiger partial charge in [0.05, 0.1) is 19.1 Å². The number of hydrogen-bond donors (Lipinski definition) is 1. The highest BCUT2D eigenvalue weighted by molar-refractivity contribution is 5.73. The fraction of sp³-hybridized carbons (Fsp3) is 0.909. The molecule has 0 amide bonds. The Morgan fingerprint density at radius 2 is 1.93 bits per heavy atom. The zero-order valence-corrected chi connectivity index (χ0v) is 8.98. The molecule has 0 aromatic heterocycles. The van der Waals surface area contributed by atoms with Gasteiger partial charge in [-0.3, -0.25) is 4.79 Å². The summed E-state index contributed by atoms with van der Waals surface area (Å²) in [6, 6.07) is 0.0114. The molecule has 86 valence electrons. The van der Waals surface area contributed by atoms with E-state index in [1.807, 2.05) is 0 Å². The van der Waals surface area contributed by atoms with Crippen molar-refractivity contribution in [2.75, 3.05) is 13.2 Å². The van der Waals surface area contributed by atoms with E-state index in [0.717, 1.165) is 32.1 Å². The van der Waals surface area contributed by atoms with Crippen LogP contribution in [-0.4, -0.2) is 31.3 Å². The largest absolute Gasteiger partial charge is 0.462 e. The molecule has 2 aliphatic rings. The predicted molar refractivity (Wildman–Crippen MR) is 55.2 cm³/mol. The van der Waals surface area contributed by atoms with Crippen molar-refractivity contribution in [3.63, 3.8) is 0 Å². The summed E-state index contributed by atoms with van der Waals surface area (Å²) in [6.45, 7) is 1.41. The number of hydrogen-bond acceptors (Lipinski definition) is 4. The van der Waals surface area contributed by atoms with Crippen LogP contribution in [0.4, 0.5) is 0 Å². The molecular weight excluding hydrogens is 194 g/mol. The minimum absolute atomic E-state index is 0.0114. The minimum atomic E-state index is -0.0908. The van der Waals surface area contributed by atoms with Crippen molar-refractivity contribution in [2.24, 2.45) is 11.7 Å². The summed E-state index contributed by atoms with van der Waals surface area (Å²) in [4.78, 5) is 11.8. The van der Waals surface area contributed by atoms with Crippen molar-refractivity contribution >= 4 is 5.97 Å². The Kier molecular flexibility index (Phi) is 3.59. The number of rotatable bonds is 2. The van der Waals surface area contributed by atoms with Crippen LogP contribution in [0.1, 0.15) is 32.1 Å². The lowest BCUT2D eigenvalue weighted by Crippen LogP contribution is -2.35. The van der Waals surface area contributed by atoms with Crippen molar-refractivity contribution < 1.29 is 14.3 Å². The van der Waals surface area contributed by atoms with Gasteiger partial charge in [-0.05, 0) is 12.8 Å². The van der Waals surface area contributed by atoms with Gasteiger partial charge in [0.2, 0.25) is 0 Å². The standard InChI is InChI=1S/C11H19NO3/c12-10-3-1-2-9(10)11(13)15-8-4-6-14-7-5-8/h8-10H,1-7,12H2. The fourth-order valence-corrected chi connectivity index (χ4v) is 2.33. The molecule has 2 fully saturated rings. The maximum Gasteiger partial charge on any atom is 0.310 e. The number of carbonyl (C=O) groups excluding carboxylic acids is 1. The minimum Gasteiger partial charge on any atom is -0.462 e. The average Bonchev–Trinajstić information content (AvgIpc) is 2.66. The zero-order valence-electron chi connectivity index (χ0n) is 8.98. The van der Waals surface area contributed by atoms with Gasteiger partial charge in [-0.1, -0.05) is 6.42 Å². The molecule has 15 heavy (non-hydrogen) atoms. The summed E-state index contributed by atoms with van der Waals surface area (Å²) in [5, 5.41) is 0. The van der Waals surface area contributed by atoms with Gasteiger partial charge in [-0.2, -0.15) is 0 Å². The fourth-order valence-electron chi connectivity index (χ4n) is 2.33. The number of carbonyl (C=O) groups is 1. The predicted octanol–water partition coefficient (Wildman–Crippen LogP) is 0.836. The lowest BCUT2D eigenvalue weighted by Gasteiger charge is -2.24. The van der Waals surface area contributed by atoms with E-state index >= 15 is 0 Å². The third kappa shape index (κ3) is 2.69. The first-order valence-electron chi connectivity index (χ1n) is 5.81. The van der Waals surface area contributed by atoms with Crippen LogP contribution in [0.15, 0.2) is 0 Å². The molecule has 0 aromatic carbocycles. The first-order chi connectivity index (χ1) is 7.27. The summed E-state index contributed by atoms with van der Waals surface area (Å²) in [5.41, 5.74) is 5.86. The molecule has 0 radical (unpaired) electrons. The highest BCUT2D eigenvalue weighted by Crippen LogP contribution is 2.26. The second-order valence-corrected chi connectivity index (χ2v) is 4.45. The highest BCUT2D eigenvalue weighted by Gasteiger charge is 2.33. The molecule has 1 aliphatic heterocycles. The Balaban J connectivity index is 1.80. The molecule has 0 spiro atoms. The molecule has 2 rings (SSSR count). The summed E-state index contributed by atoms with van der Waals surface area (Å²) < 4.78 is 10.7. The molecule has 0 bridgehead atoms. The molecule has 4 heteroatoms. The van der Waals surface area contributed by atoms with Crippen LogP contribution >= 0.6 is 0 Å². The summed E-state index contributed by atoms with van der Waals surface area (Å²) in [6.07, 6.45) is 4.60. The van der Waals surface area contributed by atoms with Gasteiger partial charge in [0.25, 0.3) is 0 Å². The quantitative estimate of drug-likeness (QED) is 0.690. The SMILES string of the molecule is NC1CCCC1C(=O)OC1CCOCC1. The van der Waals surface area contributed by atoms with Crippen molar-refractivity contribution in [1.29, 1.82) is 0 Å². The van der Waals surface area contributed by atoms with E-state index in [1.54, 1.807) is 0 Å². The van der Waals surface area contributed by atoms with Crippen LogP contribution in [0.25, 0.3) is 0 Å². The molecule has 1 aliphatic carbocycles. The summed E-state index contributed by atoms with van der Waals surface area (Å²) in [5.74, 6) is -0.153. The van der Waals surface area contributed by atoms with E-state index in [-0.39, 0.29) is 24.0 Å². The van der Waals surface area contributed by atoms with E-state index in [0.29, 0.717) is 13.2 Å². The first kappa shape index (κ1) is 10.9. The topological polar surface area (TPSA) is 61.6 Å². The number of nitrogens with two attached hydrogens (primary N) is 1. The normalized spacial score (nSPS) is 32.9. The number of esters is 1. The molecule has 0 aromatic rings. The van der Waals surface area contributed by atoms with E-state index in [4.69, 9.17) is 15.2 Å². The van der Waals surface area contributed by atoms with Gasteiger partial charge in [0.1, 0.15) is 6.10 Å². The maximum atomic E-state index is 11.8. The molecule has 4 nitrogen and oxygen atoms in total. The van der Waals surface area contributed by atoms with Crippen LogP contribution in [0.5, 0.6) is 0 Å². The third-order valence-corrected chi connectivity index (χ3v) is 3.32. The second-order valence-electron chi connectivity index (χ2n) is 4.45.